The number of nitrogens with zero attached hydrogens (tertiary/aromatic N) is 2. The molecule has 0 atom stereocenters. The summed E-state index contributed by atoms with van der Waals surface area (Å²) < 4.78 is 13.3. The minimum Gasteiger partial charge on any atom is -0.366 e. The van der Waals surface area contributed by atoms with Crippen LogP contribution in [-0.2, 0) is 13.0 Å². The fourth-order valence-electron chi connectivity index (χ4n) is 2.34. The molecule has 3 rings (SSSR count). The van der Waals surface area contributed by atoms with Gasteiger partial charge in [-0.1, -0.05) is 29.3 Å². The molecule has 1 aliphatic rings. The lowest BCUT2D eigenvalue weighted by atomic mass is 10.1. The second kappa shape index (κ2) is 4.99. The van der Waals surface area contributed by atoms with E-state index in [9.17, 15) is 4.39 Å². The van der Waals surface area contributed by atoms with E-state index in [1.807, 2.05) is 6.07 Å². The van der Waals surface area contributed by atoms with Crippen LogP contribution in [0.2, 0.25) is 10.2 Å². The molecule has 98 valence electrons. The van der Waals surface area contributed by atoms with Crippen molar-refractivity contribution in [3.05, 3.63) is 57.6 Å². The topological polar surface area (TPSA) is 16.1 Å². The molecule has 0 N–H and O–H groups in total. The second-order valence-electron chi connectivity index (χ2n) is 4.54. The maximum atomic E-state index is 13.3. The summed E-state index contributed by atoms with van der Waals surface area (Å²) in [6, 6.07) is 6.53. The van der Waals surface area contributed by atoms with Gasteiger partial charge in [-0.3, -0.25) is 0 Å². The van der Waals surface area contributed by atoms with Crippen LogP contribution in [0.25, 0.3) is 0 Å². The van der Waals surface area contributed by atoms with Crippen molar-refractivity contribution in [3.63, 3.8) is 0 Å². The van der Waals surface area contributed by atoms with Gasteiger partial charge in [-0.25, -0.2) is 9.37 Å². The van der Waals surface area contributed by atoms with Crippen molar-refractivity contribution in [2.45, 2.75) is 13.0 Å². The molecular weight excluding hydrogens is 286 g/mol. The summed E-state index contributed by atoms with van der Waals surface area (Å²) >= 11 is 11.9. The molecule has 0 aliphatic carbocycles. The van der Waals surface area contributed by atoms with Gasteiger partial charge in [0.25, 0.3) is 0 Å². The number of anilines is 1. The van der Waals surface area contributed by atoms with Crippen LogP contribution in [0.15, 0.2) is 30.5 Å². The highest BCUT2D eigenvalue weighted by molar-refractivity contribution is 6.34. The molecule has 0 saturated carbocycles. The number of benzene rings is 1. The number of rotatable bonds is 2. The molecule has 0 bridgehead atoms. The van der Waals surface area contributed by atoms with Crippen molar-refractivity contribution in [3.8, 4) is 0 Å². The van der Waals surface area contributed by atoms with Crippen molar-refractivity contribution < 1.29 is 4.39 Å². The highest BCUT2D eigenvalue weighted by Gasteiger charge is 2.20. The van der Waals surface area contributed by atoms with Gasteiger partial charge in [-0.15, -0.1) is 0 Å². The lowest BCUT2D eigenvalue weighted by molar-refractivity contribution is 0.627. The van der Waals surface area contributed by atoms with Crippen molar-refractivity contribution in [2.75, 3.05) is 11.4 Å². The molecule has 1 aromatic heterocycles. The van der Waals surface area contributed by atoms with E-state index in [2.05, 4.69) is 9.88 Å². The fraction of sp³-hybridized carbons (Fsp3) is 0.214. The highest BCUT2D eigenvalue weighted by Crippen LogP contribution is 2.31. The Morgan fingerprint density at radius 2 is 2.11 bits per heavy atom. The van der Waals surface area contributed by atoms with Gasteiger partial charge in [0, 0.05) is 30.5 Å². The lowest BCUT2D eigenvalue weighted by Crippen LogP contribution is -2.20. The number of hydrogen-bond donors (Lipinski definition) is 0. The van der Waals surface area contributed by atoms with Crippen molar-refractivity contribution in [1.29, 1.82) is 0 Å². The zero-order valence-electron chi connectivity index (χ0n) is 10.0. The Hall–Kier alpha value is -1.32. The van der Waals surface area contributed by atoms with Gasteiger partial charge < -0.3 is 4.90 Å². The van der Waals surface area contributed by atoms with Gasteiger partial charge >= 0.3 is 0 Å². The molecule has 2 nitrogen and oxygen atoms in total. The second-order valence-corrected chi connectivity index (χ2v) is 5.34. The average molecular weight is 297 g/mol. The standard InChI is InChI=1S/C14H11Cl2FN2/c15-12-6-14(16)18-7-10(12)8-19-4-3-9-1-2-11(17)5-13(9)19/h1-2,5-7H,3-4,8H2. The predicted octanol–water partition coefficient (Wildman–Crippen LogP) is 4.09. The average Bonchev–Trinajstić information content (AvgIpc) is 2.75. The first kappa shape index (κ1) is 12.7. The van der Waals surface area contributed by atoms with E-state index in [1.54, 1.807) is 18.3 Å². The molecule has 0 spiro atoms. The normalized spacial score (nSPS) is 13.7. The lowest BCUT2D eigenvalue weighted by Gasteiger charge is -2.20. The van der Waals surface area contributed by atoms with Crippen molar-refractivity contribution >= 4 is 28.9 Å². The molecule has 2 heterocycles. The molecule has 0 unspecified atom stereocenters. The fourth-order valence-corrected chi connectivity index (χ4v) is 2.77. The maximum absolute atomic E-state index is 13.3. The zero-order chi connectivity index (χ0) is 13.4. The first-order valence-corrected chi connectivity index (χ1v) is 6.72. The van der Waals surface area contributed by atoms with Crippen LogP contribution in [0.3, 0.4) is 0 Å². The van der Waals surface area contributed by atoms with Crippen LogP contribution in [0, 0.1) is 5.82 Å². The van der Waals surface area contributed by atoms with Crippen molar-refractivity contribution in [1.82, 2.24) is 4.98 Å². The van der Waals surface area contributed by atoms with Crippen LogP contribution in [0.4, 0.5) is 10.1 Å². The summed E-state index contributed by atoms with van der Waals surface area (Å²) in [5, 5.41) is 0.964. The molecule has 1 aliphatic heterocycles. The molecular formula is C14H11Cl2FN2. The Labute approximate surface area is 120 Å². The maximum Gasteiger partial charge on any atom is 0.130 e. The van der Waals surface area contributed by atoms with E-state index in [0.717, 1.165) is 24.2 Å². The van der Waals surface area contributed by atoms with E-state index >= 15 is 0 Å². The number of aromatic nitrogens is 1. The number of pyridine rings is 1. The van der Waals surface area contributed by atoms with E-state index in [1.165, 1.54) is 11.6 Å². The Balaban J connectivity index is 1.88. The van der Waals surface area contributed by atoms with Crippen molar-refractivity contribution in [2.24, 2.45) is 0 Å². The Bertz CT molecular complexity index is 631. The van der Waals surface area contributed by atoms with Crippen LogP contribution in [-0.4, -0.2) is 11.5 Å². The SMILES string of the molecule is Fc1ccc2c(c1)N(Cc1cnc(Cl)cc1Cl)CC2. The first-order valence-electron chi connectivity index (χ1n) is 5.97. The predicted molar refractivity (Wildman–Crippen MR) is 75.4 cm³/mol. The van der Waals surface area contributed by atoms with E-state index < -0.39 is 0 Å². The van der Waals surface area contributed by atoms with Gasteiger partial charge in [0.15, 0.2) is 0 Å². The Morgan fingerprint density at radius 1 is 1.26 bits per heavy atom. The number of fused-ring (bicyclic) bond motifs is 1. The minimum atomic E-state index is -0.217. The van der Waals surface area contributed by atoms with Gasteiger partial charge in [0.1, 0.15) is 11.0 Å². The summed E-state index contributed by atoms with van der Waals surface area (Å²) in [4.78, 5) is 6.14. The first-order chi connectivity index (χ1) is 9.13. The van der Waals surface area contributed by atoms with Crippen LogP contribution in [0.1, 0.15) is 11.1 Å². The van der Waals surface area contributed by atoms with Crippen LogP contribution >= 0.6 is 23.2 Å². The minimum absolute atomic E-state index is 0.217. The molecule has 0 amide bonds. The molecule has 2 aromatic rings. The zero-order valence-corrected chi connectivity index (χ0v) is 11.5. The summed E-state index contributed by atoms with van der Waals surface area (Å²) in [5.74, 6) is -0.217. The van der Waals surface area contributed by atoms with Gasteiger partial charge in [-0.2, -0.15) is 0 Å². The number of halogens is 3. The van der Waals surface area contributed by atoms with E-state index in [-0.39, 0.29) is 5.82 Å². The third-order valence-corrected chi connectivity index (χ3v) is 3.86. The summed E-state index contributed by atoms with van der Waals surface area (Å²) in [6.07, 6.45) is 2.59. The van der Waals surface area contributed by atoms with Gasteiger partial charge in [0.2, 0.25) is 0 Å². The molecule has 19 heavy (non-hydrogen) atoms. The molecule has 5 heteroatoms. The van der Waals surface area contributed by atoms with Gasteiger partial charge in [0.05, 0.1) is 5.02 Å². The van der Waals surface area contributed by atoms with Gasteiger partial charge in [-0.05, 0) is 30.2 Å². The van der Waals surface area contributed by atoms with Crippen LogP contribution in [0.5, 0.6) is 0 Å². The van der Waals surface area contributed by atoms with E-state index in [4.69, 9.17) is 23.2 Å². The smallest absolute Gasteiger partial charge is 0.130 e. The Kier molecular flexibility index (Phi) is 3.33. The largest absolute Gasteiger partial charge is 0.366 e. The highest BCUT2D eigenvalue weighted by atomic mass is 35.5. The quantitative estimate of drug-likeness (QED) is 0.776. The monoisotopic (exact) mass is 296 g/mol. The molecule has 0 radical (unpaired) electrons. The van der Waals surface area contributed by atoms with Crippen LogP contribution < -0.4 is 4.90 Å². The third kappa shape index (κ3) is 2.53. The summed E-state index contributed by atoms with van der Waals surface area (Å²) in [5.41, 5.74) is 2.99. The number of hydrogen-bond acceptors (Lipinski definition) is 2. The molecule has 0 saturated heterocycles. The summed E-state index contributed by atoms with van der Waals surface area (Å²) in [7, 11) is 0. The molecule has 1 aromatic carbocycles. The molecule has 0 fully saturated rings. The third-order valence-electron chi connectivity index (χ3n) is 3.30. The summed E-state index contributed by atoms with van der Waals surface area (Å²) in [6.45, 7) is 1.47. The van der Waals surface area contributed by atoms with E-state index in [0.29, 0.717) is 16.7 Å². The Morgan fingerprint density at radius 3 is 2.89 bits per heavy atom.